The van der Waals surface area contributed by atoms with Gasteiger partial charge in [0.05, 0.1) is 0 Å². The minimum absolute atomic E-state index is 0.184. The first-order valence-electron chi connectivity index (χ1n) is 14.1. The van der Waals surface area contributed by atoms with Crippen molar-refractivity contribution < 1.29 is 19.1 Å². The Morgan fingerprint density at radius 2 is 1.57 bits per heavy atom. The molecule has 1 aromatic carbocycles. The van der Waals surface area contributed by atoms with E-state index >= 15 is 0 Å². The van der Waals surface area contributed by atoms with Gasteiger partial charge in [-0.2, -0.15) is 0 Å². The highest BCUT2D eigenvalue weighted by atomic mass is 16.6. The molecular formula is C30H51N3O4. The second kappa shape index (κ2) is 16.3. The van der Waals surface area contributed by atoms with Crippen LogP contribution in [0.15, 0.2) is 18.2 Å². The molecule has 0 aliphatic heterocycles. The van der Waals surface area contributed by atoms with Crippen LogP contribution in [0.3, 0.4) is 0 Å². The number of nitrogens with one attached hydrogen (secondary N) is 2. The molecule has 0 spiro atoms. The highest BCUT2D eigenvalue weighted by Crippen LogP contribution is 2.28. The molecule has 210 valence electrons. The van der Waals surface area contributed by atoms with Gasteiger partial charge in [-0.1, -0.05) is 70.6 Å². The second-order valence-corrected chi connectivity index (χ2v) is 11.0. The molecule has 0 aliphatic carbocycles. The number of benzene rings is 1. The van der Waals surface area contributed by atoms with Crippen LogP contribution in [0.25, 0.3) is 0 Å². The summed E-state index contributed by atoms with van der Waals surface area (Å²) >= 11 is 0. The Labute approximate surface area is 225 Å². The first-order chi connectivity index (χ1) is 17.4. The van der Waals surface area contributed by atoms with Crippen molar-refractivity contribution in [2.45, 2.75) is 124 Å². The molecule has 0 saturated heterocycles. The lowest BCUT2D eigenvalue weighted by Gasteiger charge is -2.34. The maximum atomic E-state index is 13.8. The standard InChI is InChI=1S/C30H51N3O4/c1-9-11-13-14-16-21-33(28(35)24(5)32-29(36)37-30(6,7)8)26(27(34)31-20-15-12-10-2)25-19-17-18-22(3)23(25)4/h17-19,24,26H,9-16,20-21H2,1-8H3,(H,31,34)(H,32,36). The molecule has 2 unspecified atom stereocenters. The molecule has 1 aromatic rings. The quantitative estimate of drug-likeness (QED) is 0.265. The molecular weight excluding hydrogens is 466 g/mol. The third kappa shape index (κ3) is 11.6. The predicted molar refractivity (Wildman–Crippen MR) is 150 cm³/mol. The molecule has 0 saturated carbocycles. The number of hydrogen-bond donors (Lipinski definition) is 2. The lowest BCUT2D eigenvalue weighted by atomic mass is 9.94. The van der Waals surface area contributed by atoms with Crippen LogP contribution in [0, 0.1) is 13.8 Å². The SMILES string of the molecule is CCCCCCCN(C(=O)C(C)NC(=O)OC(C)(C)C)C(C(=O)NCCCCC)c1cccc(C)c1C. The number of nitrogens with zero attached hydrogens (tertiary/aromatic N) is 1. The van der Waals surface area contributed by atoms with Crippen molar-refractivity contribution in [2.75, 3.05) is 13.1 Å². The summed E-state index contributed by atoms with van der Waals surface area (Å²) in [6.07, 6.45) is 7.46. The molecule has 0 fully saturated rings. The molecule has 7 heteroatoms. The van der Waals surface area contributed by atoms with Crippen LogP contribution in [0.1, 0.15) is 116 Å². The van der Waals surface area contributed by atoms with Crippen LogP contribution in [-0.4, -0.2) is 47.5 Å². The van der Waals surface area contributed by atoms with Crippen LogP contribution in [0.4, 0.5) is 4.79 Å². The minimum atomic E-state index is -0.842. The van der Waals surface area contributed by atoms with Gasteiger partial charge in [0.1, 0.15) is 17.7 Å². The van der Waals surface area contributed by atoms with Crippen molar-refractivity contribution in [1.29, 1.82) is 0 Å². The fourth-order valence-electron chi connectivity index (χ4n) is 4.25. The lowest BCUT2D eigenvalue weighted by Crippen LogP contribution is -2.52. The molecule has 0 radical (unpaired) electrons. The Balaban J connectivity index is 3.32. The van der Waals surface area contributed by atoms with Crippen molar-refractivity contribution in [3.05, 3.63) is 34.9 Å². The maximum absolute atomic E-state index is 13.8. The van der Waals surface area contributed by atoms with Gasteiger partial charge in [-0.3, -0.25) is 9.59 Å². The second-order valence-electron chi connectivity index (χ2n) is 11.0. The van der Waals surface area contributed by atoms with Crippen LogP contribution in [0.5, 0.6) is 0 Å². The van der Waals surface area contributed by atoms with E-state index in [0.717, 1.165) is 68.1 Å². The number of aryl methyl sites for hydroxylation is 1. The number of unbranched alkanes of at least 4 members (excludes halogenated alkanes) is 6. The van der Waals surface area contributed by atoms with Crippen molar-refractivity contribution in [3.63, 3.8) is 0 Å². The lowest BCUT2D eigenvalue weighted by molar-refractivity contribution is -0.142. The van der Waals surface area contributed by atoms with E-state index < -0.39 is 23.8 Å². The summed E-state index contributed by atoms with van der Waals surface area (Å²) in [4.78, 5) is 41.6. The number of carbonyl (C=O) groups excluding carboxylic acids is 3. The molecule has 1 rings (SSSR count). The zero-order valence-corrected chi connectivity index (χ0v) is 24.5. The first kappa shape index (κ1) is 32.5. The molecule has 0 heterocycles. The average molecular weight is 518 g/mol. The zero-order chi connectivity index (χ0) is 28.0. The predicted octanol–water partition coefficient (Wildman–Crippen LogP) is 6.36. The van der Waals surface area contributed by atoms with Crippen molar-refractivity contribution in [3.8, 4) is 0 Å². The monoisotopic (exact) mass is 517 g/mol. The third-order valence-corrected chi connectivity index (χ3v) is 6.47. The third-order valence-electron chi connectivity index (χ3n) is 6.47. The normalized spacial score (nSPS) is 13.0. The number of ether oxygens (including phenoxy) is 1. The fourth-order valence-corrected chi connectivity index (χ4v) is 4.25. The molecule has 0 bridgehead atoms. The van der Waals surface area contributed by atoms with Gasteiger partial charge in [-0.15, -0.1) is 0 Å². The zero-order valence-electron chi connectivity index (χ0n) is 24.5. The van der Waals surface area contributed by atoms with E-state index in [4.69, 9.17) is 4.74 Å². The molecule has 0 aromatic heterocycles. The number of amides is 3. The van der Waals surface area contributed by atoms with E-state index in [1.165, 1.54) is 0 Å². The molecule has 0 aliphatic rings. The summed E-state index contributed by atoms with van der Waals surface area (Å²) in [5, 5.41) is 5.75. The van der Waals surface area contributed by atoms with E-state index in [0.29, 0.717) is 13.1 Å². The van der Waals surface area contributed by atoms with E-state index in [9.17, 15) is 14.4 Å². The topological polar surface area (TPSA) is 87.7 Å². The Morgan fingerprint density at radius 1 is 0.946 bits per heavy atom. The molecule has 3 amide bonds. The summed E-state index contributed by atoms with van der Waals surface area (Å²) < 4.78 is 5.37. The minimum Gasteiger partial charge on any atom is -0.444 e. The number of rotatable bonds is 15. The van der Waals surface area contributed by atoms with Gasteiger partial charge in [-0.05, 0) is 71.1 Å². The molecule has 2 N–H and O–H groups in total. The highest BCUT2D eigenvalue weighted by molar-refractivity contribution is 5.92. The molecule has 37 heavy (non-hydrogen) atoms. The van der Waals surface area contributed by atoms with E-state index in [2.05, 4.69) is 24.5 Å². The highest BCUT2D eigenvalue weighted by Gasteiger charge is 2.35. The van der Waals surface area contributed by atoms with Crippen molar-refractivity contribution in [2.24, 2.45) is 0 Å². The van der Waals surface area contributed by atoms with E-state index in [-0.39, 0.29) is 11.8 Å². The summed E-state index contributed by atoms with van der Waals surface area (Å²) in [5.41, 5.74) is 2.20. The number of carbonyl (C=O) groups is 3. The van der Waals surface area contributed by atoms with Gasteiger partial charge in [0.2, 0.25) is 11.8 Å². The van der Waals surface area contributed by atoms with Gasteiger partial charge in [0, 0.05) is 13.1 Å². The van der Waals surface area contributed by atoms with Crippen LogP contribution in [-0.2, 0) is 14.3 Å². The van der Waals surface area contributed by atoms with Crippen LogP contribution < -0.4 is 10.6 Å². The Kier molecular flexibility index (Phi) is 14.3. The summed E-state index contributed by atoms with van der Waals surface area (Å²) in [6.45, 7) is 16.3. The molecule has 7 nitrogen and oxygen atoms in total. The van der Waals surface area contributed by atoms with Crippen LogP contribution in [0.2, 0.25) is 0 Å². The van der Waals surface area contributed by atoms with Crippen molar-refractivity contribution >= 4 is 17.9 Å². The van der Waals surface area contributed by atoms with E-state index in [1.807, 2.05) is 32.0 Å². The summed E-state index contributed by atoms with van der Waals surface area (Å²) in [7, 11) is 0. The number of hydrogen-bond acceptors (Lipinski definition) is 4. The fraction of sp³-hybridized carbons (Fsp3) is 0.700. The van der Waals surface area contributed by atoms with Gasteiger partial charge in [0.15, 0.2) is 0 Å². The van der Waals surface area contributed by atoms with Gasteiger partial charge in [0.25, 0.3) is 0 Å². The van der Waals surface area contributed by atoms with Gasteiger partial charge in [-0.25, -0.2) is 4.79 Å². The Bertz CT molecular complexity index is 863. The van der Waals surface area contributed by atoms with Gasteiger partial charge >= 0.3 is 6.09 Å². The van der Waals surface area contributed by atoms with Gasteiger partial charge < -0.3 is 20.3 Å². The summed E-state index contributed by atoms with van der Waals surface area (Å²) in [5.74, 6) is -0.479. The smallest absolute Gasteiger partial charge is 0.408 e. The average Bonchev–Trinajstić information content (AvgIpc) is 2.81. The molecule has 2 atom stereocenters. The van der Waals surface area contributed by atoms with Crippen LogP contribution >= 0.6 is 0 Å². The summed E-state index contributed by atoms with van der Waals surface area (Å²) in [6, 6.07) is 4.26. The Hall–Kier alpha value is -2.57. The first-order valence-corrected chi connectivity index (χ1v) is 14.1. The number of alkyl carbamates (subject to hydrolysis) is 1. The Morgan fingerprint density at radius 3 is 2.19 bits per heavy atom. The maximum Gasteiger partial charge on any atom is 0.408 e. The van der Waals surface area contributed by atoms with E-state index in [1.54, 1.807) is 32.6 Å². The largest absolute Gasteiger partial charge is 0.444 e. The van der Waals surface area contributed by atoms with Crippen molar-refractivity contribution in [1.82, 2.24) is 15.5 Å².